The van der Waals surface area contributed by atoms with Gasteiger partial charge < -0.3 is 5.32 Å². The molecule has 1 saturated heterocycles. The van der Waals surface area contributed by atoms with Crippen LogP contribution in [0.2, 0.25) is 0 Å². The Labute approximate surface area is 134 Å². The maximum absolute atomic E-state index is 12.8. The van der Waals surface area contributed by atoms with E-state index < -0.39 is 11.5 Å². The molecule has 3 nitrogen and oxygen atoms in total. The number of halogens is 1. The first-order valence-corrected chi connectivity index (χ1v) is 8.28. The van der Waals surface area contributed by atoms with E-state index in [4.69, 9.17) is 0 Å². The summed E-state index contributed by atoms with van der Waals surface area (Å²) in [6, 6.07) is 4.04. The molecule has 2 unspecified atom stereocenters. The smallest absolute Gasteiger partial charge is 0.236 e. The van der Waals surface area contributed by atoms with Gasteiger partial charge >= 0.3 is 0 Å². The van der Waals surface area contributed by atoms with Crippen LogP contribution in [-0.4, -0.2) is 17.2 Å². The zero-order chi connectivity index (χ0) is 15.8. The van der Waals surface area contributed by atoms with Crippen LogP contribution in [-0.2, 0) is 16.0 Å². The maximum atomic E-state index is 12.8. The van der Waals surface area contributed by atoms with E-state index in [1.54, 1.807) is 0 Å². The lowest BCUT2D eigenvalue weighted by Crippen LogP contribution is -2.43. The minimum atomic E-state index is -0.730. The van der Waals surface area contributed by atoms with Gasteiger partial charge in [0.25, 0.3) is 0 Å². The molecular weight excluding hydrogens is 330 g/mol. The van der Waals surface area contributed by atoms with Gasteiger partial charge in [-0.25, -0.2) is 0 Å². The molecule has 1 fully saturated rings. The molecule has 0 aliphatic carbocycles. The van der Waals surface area contributed by atoms with E-state index >= 15 is 0 Å². The normalized spacial score (nSPS) is 25.3. The molecular formula is C17H22BrNO2. The average molecular weight is 352 g/mol. The van der Waals surface area contributed by atoms with Gasteiger partial charge in [0.05, 0.1) is 5.54 Å². The number of nitrogens with one attached hydrogen (secondary N) is 1. The number of benzene rings is 1. The monoisotopic (exact) mass is 351 g/mol. The van der Waals surface area contributed by atoms with Crippen molar-refractivity contribution in [1.82, 2.24) is 5.32 Å². The number of amides is 1. The quantitative estimate of drug-likeness (QED) is 0.841. The topological polar surface area (TPSA) is 46.2 Å². The third kappa shape index (κ3) is 2.78. The minimum absolute atomic E-state index is 0.00592. The van der Waals surface area contributed by atoms with Crippen molar-refractivity contribution in [3.8, 4) is 0 Å². The summed E-state index contributed by atoms with van der Waals surface area (Å²) in [6.45, 7) is 7.93. The number of hydrogen-bond donors (Lipinski definition) is 1. The van der Waals surface area contributed by atoms with Crippen LogP contribution in [0.5, 0.6) is 0 Å². The first kappa shape index (κ1) is 16.2. The zero-order valence-corrected chi connectivity index (χ0v) is 14.6. The molecule has 2 rings (SSSR count). The Morgan fingerprint density at radius 1 is 1.29 bits per heavy atom. The fourth-order valence-electron chi connectivity index (χ4n) is 3.23. The largest absolute Gasteiger partial charge is 0.343 e. The van der Waals surface area contributed by atoms with Gasteiger partial charge in [-0.3, -0.25) is 9.59 Å². The lowest BCUT2D eigenvalue weighted by atomic mass is 9.83. The van der Waals surface area contributed by atoms with Crippen LogP contribution >= 0.6 is 15.9 Å². The molecule has 1 aliphatic heterocycles. The van der Waals surface area contributed by atoms with E-state index in [2.05, 4.69) is 27.3 Å². The Bertz CT molecular complexity index is 597. The van der Waals surface area contributed by atoms with Gasteiger partial charge in [-0.1, -0.05) is 42.3 Å². The highest BCUT2D eigenvalue weighted by atomic mass is 79.9. The van der Waals surface area contributed by atoms with Crippen molar-refractivity contribution < 1.29 is 9.59 Å². The summed E-state index contributed by atoms with van der Waals surface area (Å²) < 4.78 is 0.855. The van der Waals surface area contributed by atoms with Crippen molar-refractivity contribution >= 4 is 27.6 Å². The molecule has 114 valence electrons. The van der Waals surface area contributed by atoms with Gasteiger partial charge in [-0.2, -0.15) is 0 Å². The third-order valence-corrected chi connectivity index (χ3v) is 4.90. The molecule has 1 amide bonds. The van der Waals surface area contributed by atoms with Crippen LogP contribution in [0.15, 0.2) is 16.6 Å². The van der Waals surface area contributed by atoms with Crippen LogP contribution in [0.25, 0.3) is 0 Å². The number of ketones is 1. The van der Waals surface area contributed by atoms with Crippen molar-refractivity contribution in [1.29, 1.82) is 0 Å². The van der Waals surface area contributed by atoms with Crippen molar-refractivity contribution in [2.75, 3.05) is 0 Å². The number of Topliss-reactive ketones (excluding diaryl/α,β-unsaturated/α-hetero) is 1. The van der Waals surface area contributed by atoms with Crippen LogP contribution < -0.4 is 5.32 Å². The van der Waals surface area contributed by atoms with E-state index in [9.17, 15) is 9.59 Å². The van der Waals surface area contributed by atoms with Gasteiger partial charge in [0.2, 0.25) is 5.91 Å². The van der Waals surface area contributed by atoms with Crippen LogP contribution in [0.3, 0.4) is 0 Å². The zero-order valence-electron chi connectivity index (χ0n) is 13.0. The highest BCUT2D eigenvalue weighted by molar-refractivity contribution is 9.10. The van der Waals surface area contributed by atoms with E-state index in [-0.39, 0.29) is 11.7 Å². The maximum Gasteiger partial charge on any atom is 0.236 e. The summed E-state index contributed by atoms with van der Waals surface area (Å²) in [5, 5.41) is 2.91. The van der Waals surface area contributed by atoms with Crippen molar-refractivity contribution in [3.05, 3.63) is 33.3 Å². The molecule has 0 spiro atoms. The molecule has 2 atom stereocenters. The summed E-state index contributed by atoms with van der Waals surface area (Å²) in [5.41, 5.74) is 2.30. The molecule has 0 radical (unpaired) electrons. The Kier molecular flexibility index (Phi) is 4.57. The highest BCUT2D eigenvalue weighted by Gasteiger charge is 2.50. The molecule has 21 heavy (non-hydrogen) atoms. The molecule has 1 aromatic carbocycles. The second-order valence-corrected chi connectivity index (χ2v) is 6.90. The van der Waals surface area contributed by atoms with Gasteiger partial charge in [-0.15, -0.1) is 0 Å². The average Bonchev–Trinajstić information content (AvgIpc) is 2.61. The second-order valence-electron chi connectivity index (χ2n) is 6.04. The first-order valence-electron chi connectivity index (χ1n) is 7.49. The molecule has 1 heterocycles. The van der Waals surface area contributed by atoms with Crippen LogP contribution in [0.4, 0.5) is 0 Å². The van der Waals surface area contributed by atoms with E-state index in [0.717, 1.165) is 34.0 Å². The molecule has 0 aromatic heterocycles. The van der Waals surface area contributed by atoms with Crippen molar-refractivity contribution in [3.63, 3.8) is 0 Å². The summed E-state index contributed by atoms with van der Waals surface area (Å²) in [7, 11) is 0. The lowest BCUT2D eigenvalue weighted by Gasteiger charge is -2.22. The molecule has 1 aromatic rings. The predicted molar refractivity (Wildman–Crippen MR) is 87.5 cm³/mol. The second kappa shape index (κ2) is 5.91. The Morgan fingerprint density at radius 2 is 1.95 bits per heavy atom. The summed E-state index contributed by atoms with van der Waals surface area (Å²) in [5.74, 6) is -0.865. The first-order chi connectivity index (χ1) is 9.84. The third-order valence-electron chi connectivity index (χ3n) is 4.25. The Hall–Kier alpha value is -1.16. The Morgan fingerprint density at radius 3 is 2.52 bits per heavy atom. The molecule has 0 bridgehead atoms. The van der Waals surface area contributed by atoms with E-state index in [1.165, 1.54) is 0 Å². The fraction of sp³-hybridized carbons (Fsp3) is 0.529. The SMILES string of the molecule is CCCC1(C)NC(=O)C(c2c(Br)cc(C)cc2CC)C1=O. The number of hydrogen-bond acceptors (Lipinski definition) is 2. The predicted octanol–water partition coefficient (Wildman–Crippen LogP) is 3.66. The highest BCUT2D eigenvalue weighted by Crippen LogP contribution is 2.38. The summed E-state index contributed by atoms with van der Waals surface area (Å²) in [4.78, 5) is 25.3. The minimum Gasteiger partial charge on any atom is -0.343 e. The molecule has 1 N–H and O–H groups in total. The number of aryl methyl sites for hydroxylation is 2. The van der Waals surface area contributed by atoms with E-state index in [1.807, 2.05) is 33.8 Å². The van der Waals surface area contributed by atoms with Gasteiger partial charge in [-0.05, 0) is 49.4 Å². The van der Waals surface area contributed by atoms with E-state index in [0.29, 0.717) is 6.42 Å². The molecule has 1 aliphatic rings. The molecule has 4 heteroatoms. The summed E-state index contributed by atoms with van der Waals surface area (Å²) in [6.07, 6.45) is 2.35. The van der Waals surface area contributed by atoms with Gasteiger partial charge in [0.15, 0.2) is 5.78 Å². The number of carbonyl (C=O) groups is 2. The Balaban J connectivity index is 2.53. The lowest BCUT2D eigenvalue weighted by molar-refractivity contribution is -0.125. The van der Waals surface area contributed by atoms with Gasteiger partial charge in [0, 0.05) is 4.47 Å². The van der Waals surface area contributed by atoms with Crippen molar-refractivity contribution in [2.24, 2.45) is 0 Å². The number of rotatable bonds is 4. The summed E-state index contributed by atoms with van der Waals surface area (Å²) >= 11 is 3.55. The van der Waals surface area contributed by atoms with Crippen LogP contribution in [0, 0.1) is 6.92 Å². The van der Waals surface area contributed by atoms with Crippen LogP contribution in [0.1, 0.15) is 56.2 Å². The number of carbonyl (C=O) groups excluding carboxylic acids is 2. The van der Waals surface area contributed by atoms with Crippen molar-refractivity contribution in [2.45, 2.75) is 58.4 Å². The fourth-order valence-corrected chi connectivity index (χ4v) is 4.08. The molecule has 0 saturated carbocycles. The van der Waals surface area contributed by atoms with Gasteiger partial charge in [0.1, 0.15) is 5.92 Å². The standard InChI is InChI=1S/C17H22BrNO2/c1-5-7-17(4)15(20)14(16(21)19-17)13-11(6-2)8-10(3)9-12(13)18/h8-9,14H,5-7H2,1-4H3,(H,19,21).